The van der Waals surface area contributed by atoms with E-state index in [1.165, 1.54) is 18.5 Å². The van der Waals surface area contributed by atoms with Crippen LogP contribution >= 0.6 is 0 Å². The topological polar surface area (TPSA) is 66.9 Å². The zero-order valence-electron chi connectivity index (χ0n) is 13.3. The van der Waals surface area contributed by atoms with E-state index in [4.69, 9.17) is 0 Å². The number of hydrogen-bond donors (Lipinski definition) is 2. The van der Waals surface area contributed by atoms with Gasteiger partial charge in [0.1, 0.15) is 17.5 Å². The van der Waals surface area contributed by atoms with Crippen molar-refractivity contribution in [3.05, 3.63) is 83.4 Å². The molecule has 0 unspecified atom stereocenters. The molecule has 1 aromatic heterocycles. The van der Waals surface area contributed by atoms with Crippen LogP contribution in [0.2, 0.25) is 0 Å². The van der Waals surface area contributed by atoms with Crippen molar-refractivity contribution in [1.82, 2.24) is 9.97 Å². The van der Waals surface area contributed by atoms with E-state index in [9.17, 15) is 18.0 Å². The van der Waals surface area contributed by atoms with Crippen molar-refractivity contribution in [3.63, 3.8) is 0 Å². The Bertz CT molecular complexity index is 932. The lowest BCUT2D eigenvalue weighted by Gasteiger charge is -2.08. The number of carbonyl (C=O) groups is 1. The van der Waals surface area contributed by atoms with Crippen LogP contribution in [0.15, 0.2) is 54.9 Å². The molecule has 8 heteroatoms. The molecule has 0 radical (unpaired) electrons. The van der Waals surface area contributed by atoms with Crippen molar-refractivity contribution in [2.45, 2.75) is 6.54 Å². The highest BCUT2D eigenvalue weighted by Crippen LogP contribution is 2.16. The number of nitrogens with one attached hydrogen (secondary N) is 2. The lowest BCUT2D eigenvalue weighted by molar-refractivity contribution is 0.102. The Morgan fingerprint density at radius 1 is 0.962 bits per heavy atom. The molecule has 0 bridgehead atoms. The van der Waals surface area contributed by atoms with Crippen molar-refractivity contribution in [3.8, 4) is 0 Å². The summed E-state index contributed by atoms with van der Waals surface area (Å²) in [6, 6.07) is 9.09. The second kappa shape index (κ2) is 7.64. The van der Waals surface area contributed by atoms with Crippen LogP contribution in [0, 0.1) is 17.5 Å². The Morgan fingerprint density at radius 3 is 2.38 bits per heavy atom. The molecule has 26 heavy (non-hydrogen) atoms. The zero-order chi connectivity index (χ0) is 18.5. The van der Waals surface area contributed by atoms with Crippen molar-refractivity contribution >= 4 is 17.5 Å². The van der Waals surface area contributed by atoms with Crippen LogP contribution in [0.25, 0.3) is 0 Å². The quantitative estimate of drug-likeness (QED) is 0.729. The van der Waals surface area contributed by atoms with Gasteiger partial charge in [0.15, 0.2) is 0 Å². The van der Waals surface area contributed by atoms with Gasteiger partial charge in [0, 0.05) is 30.6 Å². The first-order chi connectivity index (χ1) is 12.5. The molecule has 0 saturated carbocycles. The molecule has 3 rings (SSSR count). The third-order valence-corrected chi connectivity index (χ3v) is 3.49. The minimum atomic E-state index is -0.887. The number of hydrogen-bond acceptors (Lipinski definition) is 4. The monoisotopic (exact) mass is 358 g/mol. The Labute approximate surface area is 146 Å². The first-order valence-corrected chi connectivity index (χ1v) is 7.58. The second-order valence-corrected chi connectivity index (χ2v) is 5.32. The smallest absolute Gasteiger partial charge is 0.258 e. The van der Waals surface area contributed by atoms with Crippen LogP contribution in [-0.2, 0) is 6.54 Å². The van der Waals surface area contributed by atoms with Gasteiger partial charge in [0.25, 0.3) is 5.91 Å². The maximum absolute atomic E-state index is 13.6. The van der Waals surface area contributed by atoms with Gasteiger partial charge < -0.3 is 10.6 Å². The van der Waals surface area contributed by atoms with E-state index in [0.29, 0.717) is 11.6 Å². The molecule has 0 aliphatic heterocycles. The average molecular weight is 358 g/mol. The lowest BCUT2D eigenvalue weighted by Crippen LogP contribution is -2.14. The van der Waals surface area contributed by atoms with Crippen LogP contribution in [0.4, 0.5) is 24.8 Å². The minimum absolute atomic E-state index is 0.0881. The maximum Gasteiger partial charge on any atom is 0.258 e. The molecule has 2 aromatic carbocycles. The highest BCUT2D eigenvalue weighted by atomic mass is 19.1. The fraction of sp³-hybridized carbons (Fsp3) is 0.0556. The number of carbonyl (C=O) groups excluding carboxylic acids is 1. The fourth-order valence-corrected chi connectivity index (χ4v) is 2.14. The summed E-state index contributed by atoms with van der Waals surface area (Å²) in [4.78, 5) is 20.0. The van der Waals surface area contributed by atoms with Gasteiger partial charge in [-0.15, -0.1) is 0 Å². The molecular weight excluding hydrogens is 345 g/mol. The van der Waals surface area contributed by atoms with Crippen molar-refractivity contribution in [1.29, 1.82) is 0 Å². The molecule has 1 amide bonds. The van der Waals surface area contributed by atoms with Gasteiger partial charge in [-0.25, -0.2) is 23.1 Å². The van der Waals surface area contributed by atoms with E-state index in [2.05, 4.69) is 20.6 Å². The number of halogens is 3. The summed E-state index contributed by atoms with van der Waals surface area (Å²) in [5.41, 5.74) is 0.382. The van der Waals surface area contributed by atoms with E-state index >= 15 is 0 Å². The van der Waals surface area contributed by atoms with Crippen LogP contribution < -0.4 is 10.6 Å². The van der Waals surface area contributed by atoms with Gasteiger partial charge in [-0.05, 0) is 18.2 Å². The van der Waals surface area contributed by atoms with Gasteiger partial charge in [0.2, 0.25) is 5.95 Å². The standard InChI is InChI=1S/C18H13F3N4O/c19-13-5-6-16(15(21)7-13)25-17(26)12-9-23-18(24-10-12)22-8-11-3-1-2-4-14(11)20/h1-7,9-10H,8H2,(H,25,26)(H,22,23,24). The summed E-state index contributed by atoms with van der Waals surface area (Å²) in [6.07, 6.45) is 2.49. The lowest BCUT2D eigenvalue weighted by atomic mass is 10.2. The van der Waals surface area contributed by atoms with Crippen LogP contribution in [0.5, 0.6) is 0 Å². The Kier molecular flexibility index (Phi) is 5.12. The summed E-state index contributed by atoms with van der Waals surface area (Å²) >= 11 is 0. The summed E-state index contributed by atoms with van der Waals surface area (Å²) in [7, 11) is 0. The summed E-state index contributed by atoms with van der Waals surface area (Å²) in [5.74, 6) is -2.41. The van der Waals surface area contributed by atoms with Gasteiger partial charge in [-0.1, -0.05) is 18.2 Å². The molecule has 0 aliphatic rings. The highest BCUT2D eigenvalue weighted by Gasteiger charge is 2.11. The number of nitrogens with zero attached hydrogens (tertiary/aromatic N) is 2. The van der Waals surface area contributed by atoms with Crippen LogP contribution in [-0.4, -0.2) is 15.9 Å². The molecule has 0 aliphatic carbocycles. The number of anilines is 2. The minimum Gasteiger partial charge on any atom is -0.350 e. The SMILES string of the molecule is O=C(Nc1ccc(F)cc1F)c1cnc(NCc2ccccc2F)nc1. The highest BCUT2D eigenvalue weighted by molar-refractivity contribution is 6.03. The Hall–Kier alpha value is -3.42. The normalized spacial score (nSPS) is 10.4. The van der Waals surface area contributed by atoms with Crippen molar-refractivity contribution < 1.29 is 18.0 Å². The largest absolute Gasteiger partial charge is 0.350 e. The molecule has 0 saturated heterocycles. The van der Waals surface area contributed by atoms with E-state index in [1.807, 2.05) is 0 Å². The van der Waals surface area contributed by atoms with E-state index in [1.54, 1.807) is 18.2 Å². The van der Waals surface area contributed by atoms with E-state index in [0.717, 1.165) is 12.1 Å². The number of aromatic nitrogens is 2. The molecule has 5 nitrogen and oxygen atoms in total. The van der Waals surface area contributed by atoms with Crippen molar-refractivity contribution in [2.24, 2.45) is 0 Å². The second-order valence-electron chi connectivity index (χ2n) is 5.32. The predicted octanol–water partition coefficient (Wildman–Crippen LogP) is 3.76. The van der Waals surface area contributed by atoms with Crippen LogP contribution in [0.3, 0.4) is 0 Å². The third kappa shape index (κ3) is 4.15. The maximum atomic E-state index is 13.6. The van der Waals surface area contributed by atoms with Crippen LogP contribution in [0.1, 0.15) is 15.9 Å². The molecule has 3 aromatic rings. The first-order valence-electron chi connectivity index (χ1n) is 7.58. The summed E-state index contributed by atoms with van der Waals surface area (Å²) < 4.78 is 40.0. The van der Waals surface area contributed by atoms with Gasteiger partial charge in [-0.2, -0.15) is 0 Å². The fourth-order valence-electron chi connectivity index (χ4n) is 2.14. The molecule has 1 heterocycles. The number of benzene rings is 2. The van der Waals surface area contributed by atoms with Crippen molar-refractivity contribution in [2.75, 3.05) is 10.6 Å². The Morgan fingerprint density at radius 2 is 1.69 bits per heavy atom. The average Bonchev–Trinajstić information content (AvgIpc) is 2.64. The molecule has 0 atom stereocenters. The third-order valence-electron chi connectivity index (χ3n) is 3.49. The molecule has 0 fully saturated rings. The Balaban J connectivity index is 1.63. The molecule has 2 N–H and O–H groups in total. The summed E-state index contributed by atoms with van der Waals surface area (Å²) in [5, 5.41) is 5.15. The number of rotatable bonds is 5. The summed E-state index contributed by atoms with van der Waals surface area (Å²) in [6.45, 7) is 0.180. The van der Waals surface area contributed by atoms with Gasteiger partial charge in [-0.3, -0.25) is 4.79 Å². The molecule has 0 spiro atoms. The number of amides is 1. The first kappa shape index (κ1) is 17.4. The van der Waals surface area contributed by atoms with E-state index < -0.39 is 17.5 Å². The van der Waals surface area contributed by atoms with E-state index in [-0.39, 0.29) is 29.6 Å². The molecular formula is C18H13F3N4O. The predicted molar refractivity (Wildman–Crippen MR) is 90.1 cm³/mol. The van der Waals surface area contributed by atoms with Gasteiger partial charge >= 0.3 is 0 Å². The van der Waals surface area contributed by atoms with Gasteiger partial charge in [0.05, 0.1) is 11.3 Å². The molecule has 132 valence electrons. The zero-order valence-corrected chi connectivity index (χ0v) is 13.3.